The van der Waals surface area contributed by atoms with Gasteiger partial charge in [0.15, 0.2) is 0 Å². The molecule has 0 heterocycles. The molecule has 4 nitrogen and oxygen atoms in total. The molecule has 7 heteroatoms. The summed E-state index contributed by atoms with van der Waals surface area (Å²) >= 11 is 0. The molecule has 0 unspecified atom stereocenters. The van der Waals surface area contributed by atoms with E-state index in [9.17, 15) is 23.2 Å². The molecule has 0 aliphatic heterocycles. The summed E-state index contributed by atoms with van der Waals surface area (Å²) in [7, 11) is 1.06. The van der Waals surface area contributed by atoms with Gasteiger partial charge < -0.3 is 9.94 Å². The third-order valence-electron chi connectivity index (χ3n) is 2.22. The smallest absolute Gasteiger partial charge is 0.417 e. The first-order valence-electron chi connectivity index (χ1n) is 4.69. The molecule has 0 atom stereocenters. The minimum atomic E-state index is -4.72. The molecular weight excluding hydrogens is 251 g/mol. The quantitative estimate of drug-likeness (QED) is 0.575. The first-order valence-corrected chi connectivity index (χ1v) is 4.69. The summed E-state index contributed by atoms with van der Waals surface area (Å²) in [5.41, 5.74) is -1.82. The number of hydrogen-bond donors (Lipinski definition) is 0. The number of nitrogens with zero attached hydrogens (tertiary/aromatic N) is 1. The van der Waals surface area contributed by atoms with E-state index in [2.05, 4.69) is 9.75 Å². The number of aryl methyl sites for hydroxylation is 1. The van der Waals surface area contributed by atoms with Crippen molar-refractivity contribution >= 4 is 5.97 Å². The molecule has 0 aromatic heterocycles. The van der Waals surface area contributed by atoms with Crippen LogP contribution in [0.25, 0.3) is 5.01 Å². The number of ether oxygens (including phenoxy) is 1. The van der Waals surface area contributed by atoms with Crippen LogP contribution < -0.4 is 0 Å². The van der Waals surface area contributed by atoms with Crippen molar-refractivity contribution in [3.63, 3.8) is 0 Å². The predicted molar refractivity (Wildman–Crippen MR) is 57.2 cm³/mol. The maximum Gasteiger partial charge on any atom is 0.417 e. The molecule has 0 bridgehead atoms. The van der Waals surface area contributed by atoms with Gasteiger partial charge in [-0.05, 0) is 24.6 Å². The number of hydrogen-bond acceptors (Lipinski definition) is 3. The van der Waals surface area contributed by atoms with Crippen molar-refractivity contribution in [2.75, 3.05) is 7.11 Å². The number of rotatable bonds is 1. The molecule has 0 spiro atoms. The predicted octanol–water partition coefficient (Wildman–Crippen LogP) is 2.98. The van der Waals surface area contributed by atoms with E-state index in [0.717, 1.165) is 7.11 Å². The highest BCUT2D eigenvalue weighted by Gasteiger charge is 2.36. The second-order valence-electron chi connectivity index (χ2n) is 3.41. The summed E-state index contributed by atoms with van der Waals surface area (Å²) in [5.74, 6) is -0.894. The van der Waals surface area contributed by atoms with Gasteiger partial charge in [0.05, 0.1) is 18.2 Å². The molecule has 0 aliphatic carbocycles. The molecule has 0 saturated heterocycles. The second-order valence-corrected chi connectivity index (χ2v) is 3.41. The zero-order valence-electron chi connectivity index (χ0n) is 9.46. The van der Waals surface area contributed by atoms with Crippen LogP contribution >= 0.6 is 0 Å². The third-order valence-corrected chi connectivity index (χ3v) is 2.22. The molecule has 0 aliphatic rings. The normalized spacial score (nSPS) is 10.5. The van der Waals surface area contributed by atoms with Crippen LogP contribution in [0.3, 0.4) is 0 Å². The first-order chi connectivity index (χ1) is 8.31. The van der Waals surface area contributed by atoms with Crippen molar-refractivity contribution in [1.82, 2.24) is 0 Å². The lowest BCUT2D eigenvalue weighted by Gasteiger charge is -2.11. The van der Waals surface area contributed by atoms with Crippen molar-refractivity contribution in [2.45, 2.75) is 13.1 Å². The van der Waals surface area contributed by atoms with Gasteiger partial charge in [-0.3, -0.25) is 0 Å². The Kier molecular flexibility index (Phi) is 3.81. The van der Waals surface area contributed by atoms with Crippen molar-refractivity contribution in [3.8, 4) is 6.07 Å². The molecule has 0 N–H and O–H groups in total. The average molecular weight is 259 g/mol. The second kappa shape index (κ2) is 4.96. The van der Waals surface area contributed by atoms with Crippen molar-refractivity contribution < 1.29 is 22.7 Å². The van der Waals surface area contributed by atoms with Crippen molar-refractivity contribution in [2.24, 2.45) is 0 Å². The number of carbonyl (C=O) groups is 1. The third kappa shape index (κ3) is 2.71. The number of methoxy groups -OCH3 is 1. The molecule has 1 aromatic carbocycles. The van der Waals surface area contributed by atoms with E-state index >= 15 is 0 Å². The van der Waals surface area contributed by atoms with E-state index in [4.69, 9.17) is 0 Å². The fraction of sp³-hybridized carbons (Fsp3) is 0.273. The number of carbonyl (C=O) groups excluding carboxylic acids is 1. The Morgan fingerprint density at radius 1 is 1.44 bits per heavy atom. The Hall–Kier alpha value is -2.23. The average Bonchev–Trinajstić information content (AvgIpc) is 2.29. The van der Waals surface area contributed by atoms with Crippen LogP contribution in [0, 0.1) is 18.2 Å². The Labute approximate surface area is 100 Å². The summed E-state index contributed by atoms with van der Waals surface area (Å²) in [6.07, 6.45) is -4.72. The van der Waals surface area contributed by atoms with Gasteiger partial charge in [-0.25, -0.2) is 4.79 Å². The van der Waals surface area contributed by atoms with Crippen LogP contribution in [-0.2, 0) is 10.9 Å². The Morgan fingerprint density at radius 3 is 2.50 bits per heavy atom. The zero-order valence-corrected chi connectivity index (χ0v) is 9.46. The Bertz CT molecular complexity index is 541. The standard InChI is InChI=1S/C11H8F3NO3/c1-6-3-7(10(16)18-2)4-9(11(12,13)14)8(6)5-15-17/h3-4H,1-2H3. The van der Waals surface area contributed by atoms with Gasteiger partial charge in [0.1, 0.15) is 5.56 Å². The number of halogens is 3. The topological polar surface area (TPSA) is 53.7 Å². The minimum absolute atomic E-state index is 0.0600. The minimum Gasteiger partial charge on any atom is -0.498 e. The van der Waals surface area contributed by atoms with Crippen LogP contribution in [0.1, 0.15) is 27.0 Å². The Balaban J connectivity index is 3.55. The maximum atomic E-state index is 12.8. The fourth-order valence-corrected chi connectivity index (χ4v) is 1.44. The van der Waals surface area contributed by atoms with Crippen LogP contribution in [0.4, 0.5) is 13.2 Å². The lowest BCUT2D eigenvalue weighted by Crippen LogP contribution is -2.12. The van der Waals surface area contributed by atoms with Gasteiger partial charge in [0.2, 0.25) is 0 Å². The maximum absolute atomic E-state index is 12.8. The molecule has 1 rings (SSSR count). The highest BCUT2D eigenvalue weighted by atomic mass is 19.4. The van der Waals surface area contributed by atoms with Gasteiger partial charge in [-0.15, -0.1) is 0 Å². The summed E-state index contributed by atoms with van der Waals surface area (Å²) < 4.78 is 42.6. The Morgan fingerprint density at radius 2 is 2.06 bits per heavy atom. The van der Waals surface area contributed by atoms with Crippen LogP contribution in [0.5, 0.6) is 0 Å². The molecule has 96 valence electrons. The summed E-state index contributed by atoms with van der Waals surface area (Å²) in [5, 5.41) is 12.3. The van der Waals surface area contributed by atoms with Crippen molar-refractivity contribution in [3.05, 3.63) is 44.6 Å². The lowest BCUT2D eigenvalue weighted by atomic mass is 9.99. The van der Waals surface area contributed by atoms with E-state index < -0.39 is 23.3 Å². The van der Waals surface area contributed by atoms with Crippen LogP contribution in [0.15, 0.2) is 12.1 Å². The molecule has 0 saturated carbocycles. The summed E-state index contributed by atoms with van der Waals surface area (Å²) in [6.45, 7) is 1.31. The van der Waals surface area contributed by atoms with E-state index in [1.807, 2.05) is 0 Å². The highest BCUT2D eigenvalue weighted by molar-refractivity contribution is 5.90. The molecule has 1 aromatic rings. The largest absolute Gasteiger partial charge is 0.498 e. The van der Waals surface area contributed by atoms with E-state index in [0.29, 0.717) is 6.07 Å². The van der Waals surface area contributed by atoms with Gasteiger partial charge in [-0.2, -0.15) is 13.2 Å². The zero-order chi connectivity index (χ0) is 13.9. The van der Waals surface area contributed by atoms with Gasteiger partial charge in [-0.1, -0.05) is 0 Å². The molecule has 0 radical (unpaired) electrons. The number of benzene rings is 1. The number of esters is 1. The molecular formula is C11H8F3NO3. The van der Waals surface area contributed by atoms with Gasteiger partial charge in [0.25, 0.3) is 0 Å². The molecule has 18 heavy (non-hydrogen) atoms. The highest BCUT2D eigenvalue weighted by Crippen LogP contribution is 2.34. The van der Waals surface area contributed by atoms with Crippen LogP contribution in [0.2, 0.25) is 0 Å². The van der Waals surface area contributed by atoms with Crippen molar-refractivity contribution in [1.29, 1.82) is 0 Å². The monoisotopic (exact) mass is 259 g/mol. The van der Waals surface area contributed by atoms with Crippen LogP contribution in [-0.4, -0.2) is 13.1 Å². The molecule has 0 fully saturated rings. The van der Waals surface area contributed by atoms with E-state index in [-0.39, 0.29) is 11.1 Å². The summed E-state index contributed by atoms with van der Waals surface area (Å²) in [6, 6.07) is 3.51. The summed E-state index contributed by atoms with van der Waals surface area (Å²) in [4.78, 5) is 11.2. The first kappa shape index (κ1) is 13.8. The SMILES string of the molecule is COC(=O)c1cc(C)c(C#[N+][O-])c(C(F)(F)F)c1. The molecule has 0 amide bonds. The van der Waals surface area contributed by atoms with Gasteiger partial charge in [0, 0.05) is 5.01 Å². The van der Waals surface area contributed by atoms with Gasteiger partial charge >= 0.3 is 18.2 Å². The van der Waals surface area contributed by atoms with E-state index in [1.54, 1.807) is 6.07 Å². The fourth-order valence-electron chi connectivity index (χ4n) is 1.44. The van der Waals surface area contributed by atoms with E-state index in [1.165, 1.54) is 13.0 Å². The number of alkyl halides is 3. The lowest BCUT2D eigenvalue weighted by molar-refractivity contribution is -0.137.